The van der Waals surface area contributed by atoms with Gasteiger partial charge >= 0.3 is 5.69 Å². The fraction of sp³-hybridized carbons (Fsp3) is 0.636. The minimum absolute atomic E-state index is 0. The van der Waals surface area contributed by atoms with Crippen LogP contribution in [0.15, 0.2) is 29.1 Å². The number of nitrogens with one attached hydrogen (secondary N) is 1. The number of carbonyl (C=O) groups excluding carboxylic acids is 1. The number of hydrogen-bond donors (Lipinski definition) is 1. The number of halogens is 1. The van der Waals surface area contributed by atoms with Crippen molar-refractivity contribution in [1.82, 2.24) is 19.4 Å². The molecule has 1 aromatic heterocycles. The number of piperidine rings is 1. The quantitative estimate of drug-likeness (QED) is 0.714. The topological polar surface area (TPSA) is 59.3 Å². The van der Waals surface area contributed by atoms with Gasteiger partial charge in [-0.05, 0) is 56.7 Å². The van der Waals surface area contributed by atoms with E-state index in [2.05, 4.69) is 12.2 Å². The molecule has 1 aliphatic carbocycles. The molecule has 2 heterocycles. The summed E-state index contributed by atoms with van der Waals surface area (Å²) < 4.78 is 3.60. The van der Waals surface area contributed by atoms with Gasteiger partial charge in [0.2, 0.25) is 5.91 Å². The lowest BCUT2D eigenvalue weighted by atomic mass is 10.0. The third kappa shape index (κ3) is 5.04. The number of aromatic nitrogens is 2. The first kappa shape index (κ1) is 21.9. The van der Waals surface area contributed by atoms with E-state index < -0.39 is 0 Å². The predicted molar refractivity (Wildman–Crippen MR) is 119 cm³/mol. The average molecular weight is 421 g/mol. The zero-order chi connectivity index (χ0) is 19.5. The van der Waals surface area contributed by atoms with Crippen LogP contribution in [0, 0.1) is 5.92 Å². The molecule has 0 unspecified atom stereocenters. The van der Waals surface area contributed by atoms with Gasteiger partial charge in [0.05, 0.1) is 11.0 Å². The summed E-state index contributed by atoms with van der Waals surface area (Å²) in [7, 11) is 0. The molecule has 4 rings (SSSR count). The van der Waals surface area contributed by atoms with E-state index in [1.165, 1.54) is 12.8 Å². The Labute approximate surface area is 178 Å². The van der Waals surface area contributed by atoms with Crippen molar-refractivity contribution < 1.29 is 4.79 Å². The number of fused-ring (bicyclic) bond motifs is 1. The van der Waals surface area contributed by atoms with E-state index >= 15 is 0 Å². The van der Waals surface area contributed by atoms with Crippen LogP contribution >= 0.6 is 12.4 Å². The molecule has 1 aliphatic heterocycles. The van der Waals surface area contributed by atoms with Crippen molar-refractivity contribution >= 4 is 29.3 Å². The third-order valence-electron chi connectivity index (χ3n) is 6.16. The molecule has 29 heavy (non-hydrogen) atoms. The highest BCUT2D eigenvalue weighted by Crippen LogP contribution is 2.28. The molecule has 0 radical (unpaired) electrons. The van der Waals surface area contributed by atoms with Gasteiger partial charge < -0.3 is 10.2 Å². The lowest BCUT2D eigenvalue weighted by Crippen LogP contribution is -2.45. The Balaban J connectivity index is 0.00000240. The van der Waals surface area contributed by atoms with E-state index in [1.54, 1.807) is 4.57 Å². The maximum Gasteiger partial charge on any atom is 0.329 e. The number of rotatable bonds is 8. The van der Waals surface area contributed by atoms with Gasteiger partial charge in [-0.1, -0.05) is 19.1 Å². The number of para-hydroxylation sites is 2. The number of carbonyl (C=O) groups is 1. The second-order valence-corrected chi connectivity index (χ2v) is 8.33. The molecule has 2 aliphatic rings. The molecule has 2 fully saturated rings. The summed E-state index contributed by atoms with van der Waals surface area (Å²) in [6.45, 7) is 6.03. The molecular formula is C22H33ClN4O2. The molecular weight excluding hydrogens is 388 g/mol. The van der Waals surface area contributed by atoms with Gasteiger partial charge in [-0.25, -0.2) is 4.79 Å². The SMILES string of the molecule is CCCn1c(=O)n(CCC(=O)N2CCC(NCC3CC3)CC2)c2ccccc21.Cl. The standard InChI is InChI=1S/C22H32N4O2.ClH/c1-2-12-25-19-5-3-4-6-20(19)26(22(25)28)15-11-21(27)24-13-9-18(10-14-24)23-16-17-7-8-17;/h3-6,17-18,23H,2,7-16H2,1H3;1H. The normalized spacial score (nSPS) is 17.5. The summed E-state index contributed by atoms with van der Waals surface area (Å²) in [5.74, 6) is 1.06. The summed E-state index contributed by atoms with van der Waals surface area (Å²) in [6, 6.07) is 8.44. The monoisotopic (exact) mass is 420 g/mol. The Kier molecular flexibility index (Phi) is 7.41. The molecule has 2 aromatic rings. The first-order valence-electron chi connectivity index (χ1n) is 10.9. The van der Waals surface area contributed by atoms with E-state index in [0.717, 1.165) is 55.8 Å². The van der Waals surface area contributed by atoms with Crippen molar-refractivity contribution in [2.45, 2.75) is 64.6 Å². The minimum Gasteiger partial charge on any atom is -0.343 e. The summed E-state index contributed by atoms with van der Waals surface area (Å²) in [4.78, 5) is 27.5. The third-order valence-corrected chi connectivity index (χ3v) is 6.16. The molecule has 1 N–H and O–H groups in total. The van der Waals surface area contributed by atoms with Crippen LogP contribution in [0.4, 0.5) is 0 Å². The van der Waals surface area contributed by atoms with E-state index in [4.69, 9.17) is 0 Å². The van der Waals surface area contributed by atoms with Crippen molar-refractivity contribution in [3.8, 4) is 0 Å². The van der Waals surface area contributed by atoms with Gasteiger partial charge in [-0.3, -0.25) is 13.9 Å². The Bertz CT molecular complexity index is 879. The minimum atomic E-state index is -0.00108. The zero-order valence-electron chi connectivity index (χ0n) is 17.3. The summed E-state index contributed by atoms with van der Waals surface area (Å²) in [6.07, 6.45) is 6.12. The molecule has 1 saturated heterocycles. The first-order chi connectivity index (χ1) is 13.7. The fourth-order valence-electron chi connectivity index (χ4n) is 4.28. The van der Waals surface area contributed by atoms with Crippen LogP contribution in [0.5, 0.6) is 0 Å². The molecule has 0 bridgehead atoms. The van der Waals surface area contributed by atoms with Gasteiger partial charge in [0, 0.05) is 38.6 Å². The van der Waals surface area contributed by atoms with Crippen LogP contribution in [0.2, 0.25) is 0 Å². The number of aryl methyl sites for hydroxylation is 2. The number of nitrogens with zero attached hydrogens (tertiary/aromatic N) is 3. The predicted octanol–water partition coefficient (Wildman–Crippen LogP) is 3.02. The van der Waals surface area contributed by atoms with Crippen LogP contribution in [-0.2, 0) is 17.9 Å². The van der Waals surface area contributed by atoms with Crippen LogP contribution in [0.25, 0.3) is 11.0 Å². The van der Waals surface area contributed by atoms with Crippen molar-refractivity contribution in [2.24, 2.45) is 5.92 Å². The number of benzene rings is 1. The second kappa shape index (κ2) is 9.81. The average Bonchev–Trinajstić information content (AvgIpc) is 3.51. The first-order valence-corrected chi connectivity index (χ1v) is 10.9. The van der Waals surface area contributed by atoms with Gasteiger partial charge in [-0.15, -0.1) is 12.4 Å². The number of amides is 1. The highest BCUT2D eigenvalue weighted by molar-refractivity contribution is 5.85. The summed E-state index contributed by atoms with van der Waals surface area (Å²) in [5, 5.41) is 3.66. The molecule has 0 spiro atoms. The molecule has 6 nitrogen and oxygen atoms in total. The molecule has 1 aromatic carbocycles. The van der Waals surface area contributed by atoms with Gasteiger partial charge in [0.15, 0.2) is 0 Å². The van der Waals surface area contributed by atoms with Crippen LogP contribution in [-0.4, -0.2) is 45.6 Å². The smallest absolute Gasteiger partial charge is 0.329 e. The van der Waals surface area contributed by atoms with E-state index in [9.17, 15) is 9.59 Å². The second-order valence-electron chi connectivity index (χ2n) is 8.33. The molecule has 0 atom stereocenters. The maximum atomic E-state index is 12.8. The van der Waals surface area contributed by atoms with Crippen molar-refractivity contribution in [3.63, 3.8) is 0 Å². The molecule has 160 valence electrons. The Morgan fingerprint density at radius 3 is 2.24 bits per heavy atom. The van der Waals surface area contributed by atoms with Gasteiger partial charge in [0.25, 0.3) is 0 Å². The Hall–Kier alpha value is -1.79. The van der Waals surface area contributed by atoms with Crippen LogP contribution < -0.4 is 11.0 Å². The number of likely N-dealkylation sites (tertiary alicyclic amines) is 1. The van der Waals surface area contributed by atoms with E-state index in [0.29, 0.717) is 25.6 Å². The summed E-state index contributed by atoms with van der Waals surface area (Å²) >= 11 is 0. The van der Waals surface area contributed by atoms with Crippen molar-refractivity contribution in [3.05, 3.63) is 34.7 Å². The van der Waals surface area contributed by atoms with E-state index in [-0.39, 0.29) is 24.0 Å². The Morgan fingerprint density at radius 1 is 1.03 bits per heavy atom. The fourth-order valence-corrected chi connectivity index (χ4v) is 4.28. The molecule has 7 heteroatoms. The largest absolute Gasteiger partial charge is 0.343 e. The highest BCUT2D eigenvalue weighted by Gasteiger charge is 2.26. The Morgan fingerprint density at radius 2 is 1.66 bits per heavy atom. The lowest BCUT2D eigenvalue weighted by molar-refractivity contribution is -0.132. The van der Waals surface area contributed by atoms with Gasteiger partial charge in [-0.2, -0.15) is 0 Å². The maximum absolute atomic E-state index is 12.8. The van der Waals surface area contributed by atoms with Crippen LogP contribution in [0.1, 0.15) is 45.4 Å². The summed E-state index contributed by atoms with van der Waals surface area (Å²) in [5.41, 5.74) is 1.89. The number of imidazole rings is 1. The number of hydrogen-bond acceptors (Lipinski definition) is 3. The van der Waals surface area contributed by atoms with Gasteiger partial charge in [0.1, 0.15) is 0 Å². The molecule has 1 amide bonds. The van der Waals surface area contributed by atoms with Crippen LogP contribution in [0.3, 0.4) is 0 Å². The zero-order valence-corrected chi connectivity index (χ0v) is 18.1. The lowest BCUT2D eigenvalue weighted by Gasteiger charge is -2.32. The molecule has 1 saturated carbocycles. The highest BCUT2D eigenvalue weighted by atomic mass is 35.5. The van der Waals surface area contributed by atoms with Crippen molar-refractivity contribution in [1.29, 1.82) is 0 Å². The van der Waals surface area contributed by atoms with E-state index in [1.807, 2.05) is 33.7 Å². The van der Waals surface area contributed by atoms with Crippen molar-refractivity contribution in [2.75, 3.05) is 19.6 Å².